The maximum Gasteiger partial charge on any atom is 0.173 e. The molecule has 2 aliphatic heterocycles. The Kier molecular flexibility index (Phi) is 9.97. The minimum atomic E-state index is 0. The fraction of sp³-hybridized carbons (Fsp3) is 0.312. The van der Waals surface area contributed by atoms with Crippen LogP contribution in [0, 0.1) is 0 Å². The highest BCUT2D eigenvalue weighted by atomic mass is 79.9. The maximum atomic E-state index is 2.48. The van der Waals surface area contributed by atoms with Crippen molar-refractivity contribution < 1.29 is 43.1 Å². The molecule has 0 atom stereocenters. The maximum absolute atomic E-state index is 2.48. The van der Waals surface area contributed by atoms with E-state index in [4.69, 9.17) is 0 Å². The summed E-state index contributed by atoms with van der Waals surface area (Å²) in [5, 5.41) is 0. The lowest BCUT2D eigenvalue weighted by Gasteiger charge is -2.16. The third kappa shape index (κ3) is 6.83. The summed E-state index contributed by atoms with van der Waals surface area (Å²) in [5.74, 6) is 0. The molecule has 0 saturated carbocycles. The van der Waals surface area contributed by atoms with Crippen LogP contribution in [-0.2, 0) is 13.1 Å². The van der Waals surface area contributed by atoms with Gasteiger partial charge in [-0.3, -0.25) is 0 Å². The zero-order chi connectivity index (χ0) is 24.2. The minimum absolute atomic E-state index is 0. The van der Waals surface area contributed by atoms with E-state index in [9.17, 15) is 0 Å². The molecule has 4 aromatic rings. The monoisotopic (exact) mass is 634 g/mol. The van der Waals surface area contributed by atoms with Crippen LogP contribution in [0.5, 0.6) is 0 Å². The first kappa shape index (κ1) is 28.3. The molecule has 198 valence electrons. The molecule has 0 bridgehead atoms. The number of aromatic nitrogens is 2. The van der Waals surface area contributed by atoms with Crippen LogP contribution >= 0.6 is 0 Å². The van der Waals surface area contributed by atoms with E-state index in [1.807, 2.05) is 0 Å². The summed E-state index contributed by atoms with van der Waals surface area (Å²) in [4.78, 5) is 4.96. The summed E-state index contributed by atoms with van der Waals surface area (Å²) in [6, 6.07) is 27.0. The molecular formula is C32H36Br2N4. The highest BCUT2D eigenvalue weighted by Gasteiger charge is 2.15. The predicted octanol–water partition coefficient (Wildman–Crippen LogP) is -0.766. The van der Waals surface area contributed by atoms with E-state index in [-0.39, 0.29) is 34.0 Å². The van der Waals surface area contributed by atoms with Crippen molar-refractivity contribution in [2.45, 2.75) is 38.8 Å². The van der Waals surface area contributed by atoms with Gasteiger partial charge in [-0.25, -0.2) is 9.13 Å². The molecule has 2 saturated heterocycles. The number of nitrogens with zero attached hydrogens (tertiary/aromatic N) is 4. The van der Waals surface area contributed by atoms with Gasteiger partial charge in [0.25, 0.3) is 0 Å². The Morgan fingerprint density at radius 3 is 1.08 bits per heavy atom. The Morgan fingerprint density at radius 2 is 0.763 bits per heavy atom. The summed E-state index contributed by atoms with van der Waals surface area (Å²) in [5.41, 5.74) is 7.87. The quantitative estimate of drug-likeness (QED) is 0.248. The second-order valence-electron chi connectivity index (χ2n) is 10.2. The standard InChI is InChI=1S/C32H36N4.2BrH/c1-2-18-35(17-1)31-13-21-33(22-14-31)25-27-5-9-29(10-6-27)30-11-7-28(8-12-30)26-34-23-15-32(16-24-34)36-19-3-4-20-36;;/h5-16,21-24H,1-4,17-20,25-26H2;2*1H/q+2;;/p-2. The van der Waals surface area contributed by atoms with Gasteiger partial charge in [-0.1, -0.05) is 48.5 Å². The molecule has 0 spiro atoms. The van der Waals surface area contributed by atoms with Crippen molar-refractivity contribution in [2.24, 2.45) is 0 Å². The second-order valence-corrected chi connectivity index (χ2v) is 10.2. The third-order valence-corrected chi connectivity index (χ3v) is 7.66. The van der Waals surface area contributed by atoms with Crippen molar-refractivity contribution in [3.8, 4) is 11.1 Å². The molecule has 2 aromatic carbocycles. The van der Waals surface area contributed by atoms with Gasteiger partial charge in [-0.2, -0.15) is 0 Å². The van der Waals surface area contributed by atoms with Crippen molar-refractivity contribution in [1.29, 1.82) is 0 Å². The molecule has 38 heavy (non-hydrogen) atoms. The van der Waals surface area contributed by atoms with E-state index in [0.29, 0.717) is 0 Å². The summed E-state index contributed by atoms with van der Waals surface area (Å²) >= 11 is 0. The van der Waals surface area contributed by atoms with Crippen molar-refractivity contribution >= 4 is 11.4 Å². The highest BCUT2D eigenvalue weighted by Crippen LogP contribution is 2.22. The zero-order valence-corrected chi connectivity index (χ0v) is 25.0. The lowest BCUT2D eigenvalue weighted by molar-refractivity contribution is -0.688. The van der Waals surface area contributed by atoms with E-state index >= 15 is 0 Å². The van der Waals surface area contributed by atoms with Crippen LogP contribution in [-0.4, -0.2) is 26.2 Å². The lowest BCUT2D eigenvalue weighted by Crippen LogP contribution is -3.00. The van der Waals surface area contributed by atoms with Crippen LogP contribution in [0.3, 0.4) is 0 Å². The topological polar surface area (TPSA) is 14.2 Å². The van der Waals surface area contributed by atoms with Gasteiger partial charge in [0.15, 0.2) is 37.9 Å². The fourth-order valence-electron chi connectivity index (χ4n) is 5.51. The van der Waals surface area contributed by atoms with Gasteiger partial charge in [-0.15, -0.1) is 0 Å². The molecule has 2 aliphatic rings. The molecule has 0 radical (unpaired) electrons. The number of hydrogen-bond donors (Lipinski definition) is 0. The molecule has 4 nitrogen and oxygen atoms in total. The molecule has 2 fully saturated rings. The normalized spacial score (nSPS) is 14.7. The average molecular weight is 636 g/mol. The summed E-state index contributed by atoms with van der Waals surface area (Å²) in [7, 11) is 0. The number of rotatable bonds is 7. The smallest absolute Gasteiger partial charge is 0.173 e. The van der Waals surface area contributed by atoms with E-state index in [1.54, 1.807) is 0 Å². The Bertz CT molecular complexity index is 1160. The largest absolute Gasteiger partial charge is 1.00 e. The van der Waals surface area contributed by atoms with Crippen molar-refractivity contribution in [3.05, 3.63) is 109 Å². The SMILES string of the molecule is [Br-].[Br-].c1cc(-c2ccc(C[n+]3ccc(N4CCCC4)cc3)cc2)ccc1C[n+]1ccc(N2CCCC2)cc1. The van der Waals surface area contributed by atoms with Gasteiger partial charge in [0, 0.05) is 72.9 Å². The molecule has 6 rings (SSSR count). The van der Waals surface area contributed by atoms with Gasteiger partial charge in [0.1, 0.15) is 0 Å². The lowest BCUT2D eigenvalue weighted by atomic mass is 10.0. The minimum Gasteiger partial charge on any atom is -1.00 e. The number of halogens is 2. The van der Waals surface area contributed by atoms with Crippen LogP contribution < -0.4 is 52.9 Å². The molecule has 0 N–H and O–H groups in total. The van der Waals surface area contributed by atoms with Gasteiger partial charge in [0.05, 0.1) is 0 Å². The Labute approximate surface area is 248 Å². The van der Waals surface area contributed by atoms with Crippen LogP contribution in [0.4, 0.5) is 11.4 Å². The van der Waals surface area contributed by atoms with Crippen LogP contribution in [0.25, 0.3) is 11.1 Å². The second kappa shape index (κ2) is 13.4. The van der Waals surface area contributed by atoms with E-state index in [2.05, 4.69) is 117 Å². The van der Waals surface area contributed by atoms with E-state index in [0.717, 1.165) is 13.1 Å². The van der Waals surface area contributed by atoms with E-state index < -0.39 is 0 Å². The number of anilines is 2. The van der Waals surface area contributed by atoms with Crippen molar-refractivity contribution in [1.82, 2.24) is 0 Å². The van der Waals surface area contributed by atoms with E-state index in [1.165, 1.54) is 85.5 Å². The molecule has 2 aromatic heterocycles. The third-order valence-electron chi connectivity index (χ3n) is 7.66. The Morgan fingerprint density at radius 1 is 0.447 bits per heavy atom. The first-order valence-electron chi connectivity index (χ1n) is 13.5. The fourth-order valence-corrected chi connectivity index (χ4v) is 5.51. The van der Waals surface area contributed by atoms with Gasteiger partial charge in [0.2, 0.25) is 0 Å². The van der Waals surface area contributed by atoms with Gasteiger partial charge >= 0.3 is 0 Å². The molecule has 0 amide bonds. The van der Waals surface area contributed by atoms with Crippen LogP contribution in [0.2, 0.25) is 0 Å². The average Bonchev–Trinajstić information content (AvgIpc) is 3.66. The van der Waals surface area contributed by atoms with Gasteiger partial charge < -0.3 is 43.8 Å². The van der Waals surface area contributed by atoms with Crippen molar-refractivity contribution in [3.63, 3.8) is 0 Å². The molecule has 0 aliphatic carbocycles. The van der Waals surface area contributed by atoms with Crippen LogP contribution in [0.15, 0.2) is 97.6 Å². The molecular weight excluding hydrogens is 600 g/mol. The Balaban J connectivity index is 0.00000168. The van der Waals surface area contributed by atoms with Crippen LogP contribution in [0.1, 0.15) is 36.8 Å². The summed E-state index contributed by atoms with van der Waals surface area (Å²) in [6.07, 6.45) is 14.1. The van der Waals surface area contributed by atoms with Crippen molar-refractivity contribution in [2.75, 3.05) is 36.0 Å². The van der Waals surface area contributed by atoms with Gasteiger partial charge in [-0.05, 0) is 36.8 Å². The number of benzene rings is 2. The zero-order valence-electron chi connectivity index (χ0n) is 21.9. The summed E-state index contributed by atoms with van der Waals surface area (Å²) < 4.78 is 4.53. The Hall–Kier alpha value is -2.70. The summed E-state index contributed by atoms with van der Waals surface area (Å²) in [6.45, 7) is 6.56. The molecule has 6 heteroatoms. The number of hydrogen-bond acceptors (Lipinski definition) is 2. The first-order chi connectivity index (χ1) is 17.8. The number of pyridine rings is 2. The predicted molar refractivity (Wildman–Crippen MR) is 146 cm³/mol. The molecule has 4 heterocycles. The highest BCUT2D eigenvalue weighted by molar-refractivity contribution is 5.64. The molecule has 0 unspecified atom stereocenters. The first-order valence-corrected chi connectivity index (χ1v) is 13.5.